The first-order valence-corrected chi connectivity index (χ1v) is 8.64. The number of nitrogens with zero attached hydrogens (tertiary/aromatic N) is 1. The number of ether oxygens (including phenoxy) is 3. The number of methoxy groups -OCH3 is 2. The van der Waals surface area contributed by atoms with Gasteiger partial charge in [0.15, 0.2) is 11.5 Å². The van der Waals surface area contributed by atoms with Crippen molar-refractivity contribution in [1.82, 2.24) is 5.43 Å². The Hall–Kier alpha value is -2.29. The number of carbonyl (C=O) groups excluding carboxylic acids is 1. The second kappa shape index (κ2) is 9.26. The molecule has 0 aliphatic rings. The molecule has 0 atom stereocenters. The molecule has 7 heteroatoms. The van der Waals surface area contributed by atoms with Gasteiger partial charge in [0.25, 0.3) is 5.91 Å². The van der Waals surface area contributed by atoms with E-state index in [0.29, 0.717) is 23.7 Å². The second-order valence-corrected chi connectivity index (χ2v) is 6.06. The summed E-state index contributed by atoms with van der Waals surface area (Å²) in [5.41, 5.74) is 3.79. The molecule has 2 aromatic carbocycles. The lowest BCUT2D eigenvalue weighted by Gasteiger charge is -2.10. The van der Waals surface area contributed by atoms with E-state index in [9.17, 15) is 4.79 Å². The van der Waals surface area contributed by atoms with Crippen molar-refractivity contribution in [1.29, 1.82) is 0 Å². The molecule has 0 spiro atoms. The standard InChI is InChI=1S/C18H19IN2O4/c1-4-25-14-7-5-13(6-8-14)18(22)21-20-11-12-9-15(19)17(24-3)16(10-12)23-2/h5-11H,4H2,1-3H3,(H,21,22)/b20-11+. The van der Waals surface area contributed by atoms with E-state index in [1.807, 2.05) is 13.0 Å². The predicted octanol–water partition coefficient (Wildman–Crippen LogP) is 3.47. The Morgan fingerprint density at radius 2 is 1.92 bits per heavy atom. The van der Waals surface area contributed by atoms with Gasteiger partial charge in [-0.3, -0.25) is 4.79 Å². The number of rotatable bonds is 7. The molecule has 0 bridgehead atoms. The van der Waals surface area contributed by atoms with E-state index in [0.717, 1.165) is 14.9 Å². The molecule has 0 saturated heterocycles. The van der Waals surface area contributed by atoms with E-state index in [1.54, 1.807) is 50.8 Å². The molecule has 0 unspecified atom stereocenters. The fourth-order valence-corrected chi connectivity index (χ4v) is 2.96. The van der Waals surface area contributed by atoms with Crippen LogP contribution in [0.3, 0.4) is 0 Å². The molecule has 0 radical (unpaired) electrons. The largest absolute Gasteiger partial charge is 0.494 e. The monoisotopic (exact) mass is 454 g/mol. The van der Waals surface area contributed by atoms with Crippen molar-refractivity contribution in [2.24, 2.45) is 5.10 Å². The predicted molar refractivity (Wildman–Crippen MR) is 105 cm³/mol. The molecular weight excluding hydrogens is 435 g/mol. The molecule has 0 aliphatic heterocycles. The van der Waals surface area contributed by atoms with Crippen LogP contribution in [0.25, 0.3) is 0 Å². The molecule has 2 rings (SSSR count). The van der Waals surface area contributed by atoms with Gasteiger partial charge in [0, 0.05) is 5.56 Å². The van der Waals surface area contributed by atoms with Crippen LogP contribution in [0.4, 0.5) is 0 Å². The minimum absolute atomic E-state index is 0.297. The number of nitrogens with one attached hydrogen (secondary N) is 1. The highest BCUT2D eigenvalue weighted by Crippen LogP contribution is 2.32. The zero-order valence-corrected chi connectivity index (χ0v) is 16.4. The summed E-state index contributed by atoms with van der Waals surface area (Å²) in [6.07, 6.45) is 1.55. The summed E-state index contributed by atoms with van der Waals surface area (Å²) in [5, 5.41) is 3.99. The van der Waals surface area contributed by atoms with E-state index in [4.69, 9.17) is 14.2 Å². The third kappa shape index (κ3) is 5.09. The molecule has 0 heterocycles. The molecule has 6 nitrogen and oxygen atoms in total. The summed E-state index contributed by atoms with van der Waals surface area (Å²) in [6, 6.07) is 10.5. The van der Waals surface area contributed by atoms with Gasteiger partial charge >= 0.3 is 0 Å². The zero-order valence-electron chi connectivity index (χ0n) is 14.2. The number of hydrazone groups is 1. The van der Waals surface area contributed by atoms with Crippen LogP contribution < -0.4 is 19.6 Å². The quantitative estimate of drug-likeness (QED) is 0.395. The van der Waals surface area contributed by atoms with Gasteiger partial charge in [0.1, 0.15) is 5.75 Å². The zero-order chi connectivity index (χ0) is 18.2. The van der Waals surface area contributed by atoms with Crippen molar-refractivity contribution in [3.05, 3.63) is 51.1 Å². The number of benzene rings is 2. The smallest absolute Gasteiger partial charge is 0.271 e. The van der Waals surface area contributed by atoms with Crippen LogP contribution in [0, 0.1) is 3.57 Å². The SMILES string of the molecule is CCOc1ccc(C(=O)N/N=C/c2cc(I)c(OC)c(OC)c2)cc1. The second-order valence-electron chi connectivity index (χ2n) is 4.89. The summed E-state index contributed by atoms with van der Waals surface area (Å²) in [5.74, 6) is 1.70. The number of amides is 1. The van der Waals surface area contributed by atoms with Gasteiger partial charge in [-0.25, -0.2) is 5.43 Å². The van der Waals surface area contributed by atoms with E-state index >= 15 is 0 Å². The summed E-state index contributed by atoms with van der Waals surface area (Å²) in [6.45, 7) is 2.49. The summed E-state index contributed by atoms with van der Waals surface area (Å²) in [4.78, 5) is 12.1. The average molecular weight is 454 g/mol. The van der Waals surface area contributed by atoms with Crippen LogP contribution in [-0.2, 0) is 0 Å². The van der Waals surface area contributed by atoms with Crippen LogP contribution in [-0.4, -0.2) is 32.9 Å². The molecule has 0 saturated carbocycles. The molecule has 1 amide bonds. The lowest BCUT2D eigenvalue weighted by molar-refractivity contribution is 0.0955. The van der Waals surface area contributed by atoms with Crippen molar-refractivity contribution in [3.8, 4) is 17.2 Å². The molecule has 132 valence electrons. The number of hydrogen-bond acceptors (Lipinski definition) is 5. The Morgan fingerprint density at radius 3 is 2.52 bits per heavy atom. The first-order chi connectivity index (χ1) is 12.1. The minimum Gasteiger partial charge on any atom is -0.494 e. The van der Waals surface area contributed by atoms with Crippen LogP contribution in [0.2, 0.25) is 0 Å². The Balaban J connectivity index is 2.05. The van der Waals surface area contributed by atoms with Crippen molar-refractivity contribution < 1.29 is 19.0 Å². The summed E-state index contributed by atoms with van der Waals surface area (Å²) in [7, 11) is 3.16. The normalized spacial score (nSPS) is 10.6. The van der Waals surface area contributed by atoms with Gasteiger partial charge < -0.3 is 14.2 Å². The summed E-state index contributed by atoms with van der Waals surface area (Å²) >= 11 is 2.15. The third-order valence-electron chi connectivity index (χ3n) is 3.26. The van der Waals surface area contributed by atoms with Crippen LogP contribution >= 0.6 is 22.6 Å². The van der Waals surface area contributed by atoms with E-state index in [2.05, 4.69) is 33.1 Å². The molecule has 0 aromatic heterocycles. The maximum absolute atomic E-state index is 12.1. The molecule has 2 aromatic rings. The maximum atomic E-state index is 12.1. The number of carbonyl (C=O) groups is 1. The first kappa shape index (κ1) is 19.0. The molecule has 0 aliphatic carbocycles. The van der Waals surface area contributed by atoms with Gasteiger partial charge in [-0.1, -0.05) is 0 Å². The minimum atomic E-state index is -0.297. The first-order valence-electron chi connectivity index (χ1n) is 7.56. The van der Waals surface area contributed by atoms with Crippen LogP contribution in [0.5, 0.6) is 17.2 Å². The molecular formula is C18H19IN2O4. The van der Waals surface area contributed by atoms with Gasteiger partial charge in [0.2, 0.25) is 0 Å². The van der Waals surface area contributed by atoms with Gasteiger partial charge in [0.05, 0.1) is 30.6 Å². The topological polar surface area (TPSA) is 69.2 Å². The Morgan fingerprint density at radius 1 is 1.20 bits per heavy atom. The van der Waals surface area contributed by atoms with Gasteiger partial charge in [-0.05, 0) is 71.5 Å². The van der Waals surface area contributed by atoms with Crippen LogP contribution in [0.1, 0.15) is 22.8 Å². The third-order valence-corrected chi connectivity index (χ3v) is 4.06. The highest BCUT2D eigenvalue weighted by atomic mass is 127. The lowest BCUT2D eigenvalue weighted by Crippen LogP contribution is -2.17. The van der Waals surface area contributed by atoms with Gasteiger partial charge in [-0.2, -0.15) is 5.10 Å². The van der Waals surface area contributed by atoms with Crippen molar-refractivity contribution in [3.63, 3.8) is 0 Å². The van der Waals surface area contributed by atoms with Crippen LogP contribution in [0.15, 0.2) is 41.5 Å². The van der Waals surface area contributed by atoms with E-state index in [1.165, 1.54) is 0 Å². The summed E-state index contributed by atoms with van der Waals surface area (Å²) < 4.78 is 16.8. The number of halogens is 1. The highest BCUT2D eigenvalue weighted by Gasteiger charge is 2.09. The lowest BCUT2D eigenvalue weighted by atomic mass is 10.2. The Kier molecular flexibility index (Phi) is 7.05. The van der Waals surface area contributed by atoms with E-state index in [-0.39, 0.29) is 5.91 Å². The molecule has 1 N–H and O–H groups in total. The molecule has 25 heavy (non-hydrogen) atoms. The Bertz CT molecular complexity index is 760. The maximum Gasteiger partial charge on any atom is 0.271 e. The van der Waals surface area contributed by atoms with E-state index < -0.39 is 0 Å². The number of hydrogen-bond donors (Lipinski definition) is 1. The van der Waals surface area contributed by atoms with Crippen molar-refractivity contribution in [2.75, 3.05) is 20.8 Å². The molecule has 0 fully saturated rings. The average Bonchev–Trinajstić information content (AvgIpc) is 2.62. The highest BCUT2D eigenvalue weighted by molar-refractivity contribution is 14.1. The van der Waals surface area contributed by atoms with Crippen molar-refractivity contribution in [2.45, 2.75) is 6.92 Å². The fraction of sp³-hybridized carbons (Fsp3) is 0.222. The fourth-order valence-electron chi connectivity index (χ4n) is 2.11. The Labute approximate surface area is 160 Å². The van der Waals surface area contributed by atoms with Gasteiger partial charge in [-0.15, -0.1) is 0 Å². The van der Waals surface area contributed by atoms with Crippen molar-refractivity contribution >= 4 is 34.7 Å².